The monoisotopic (exact) mass is 470 g/mol. The summed E-state index contributed by atoms with van der Waals surface area (Å²) in [6.45, 7) is 7.47. The summed E-state index contributed by atoms with van der Waals surface area (Å²) in [5.74, 6) is 0.685. The van der Waals surface area contributed by atoms with Gasteiger partial charge in [-0.1, -0.05) is 0 Å². The third-order valence-electron chi connectivity index (χ3n) is 6.66. The summed E-state index contributed by atoms with van der Waals surface area (Å²) in [4.78, 5) is 25.5. The molecule has 0 aliphatic carbocycles. The van der Waals surface area contributed by atoms with Crippen LogP contribution in [0.5, 0.6) is 11.5 Å². The quantitative estimate of drug-likeness (QED) is 0.425. The van der Waals surface area contributed by atoms with Crippen molar-refractivity contribution in [3.63, 3.8) is 0 Å². The Morgan fingerprint density at radius 3 is 2.65 bits per heavy atom. The van der Waals surface area contributed by atoms with E-state index in [0.29, 0.717) is 24.7 Å². The van der Waals surface area contributed by atoms with Gasteiger partial charge in [-0.05, 0) is 57.7 Å². The number of esters is 1. The minimum Gasteiger partial charge on any atom is -0.493 e. The number of carbonyl (C=O) groups is 1. The van der Waals surface area contributed by atoms with Crippen LogP contribution in [0.15, 0.2) is 29.2 Å². The van der Waals surface area contributed by atoms with Gasteiger partial charge >= 0.3 is 5.97 Å². The van der Waals surface area contributed by atoms with E-state index in [2.05, 4.69) is 18.9 Å². The Kier molecular flexibility index (Phi) is 6.89. The van der Waals surface area contributed by atoms with E-state index in [0.717, 1.165) is 42.5 Å². The molecule has 2 aliphatic rings. The van der Waals surface area contributed by atoms with Crippen LogP contribution in [0.3, 0.4) is 0 Å². The van der Waals surface area contributed by atoms with Crippen LogP contribution in [0, 0.1) is 0 Å². The predicted octanol–water partition coefficient (Wildman–Crippen LogP) is 4.07. The number of hydrogen-bond acceptors (Lipinski definition) is 7. The zero-order chi connectivity index (χ0) is 24.5. The number of methoxy groups -OCH3 is 2. The highest BCUT2D eigenvalue weighted by atomic mass is 16.5. The van der Waals surface area contributed by atoms with Crippen LogP contribution in [0.25, 0.3) is 11.3 Å². The number of hydrogen-bond donors (Lipinski definition) is 0. The molecule has 34 heavy (non-hydrogen) atoms. The highest BCUT2D eigenvalue weighted by Crippen LogP contribution is 2.49. The summed E-state index contributed by atoms with van der Waals surface area (Å²) in [5.41, 5.74) is 2.23. The van der Waals surface area contributed by atoms with Gasteiger partial charge in [0.25, 0.3) is 0 Å². The maximum atomic E-state index is 13.0. The molecule has 0 amide bonds. The molecule has 4 rings (SSSR count). The van der Waals surface area contributed by atoms with Crippen LogP contribution < -0.4 is 19.9 Å². The van der Waals surface area contributed by atoms with Crippen molar-refractivity contribution in [1.29, 1.82) is 0 Å². The number of pyridine rings is 1. The van der Waals surface area contributed by atoms with Crippen LogP contribution >= 0.6 is 0 Å². The van der Waals surface area contributed by atoms with Gasteiger partial charge in [0, 0.05) is 38.0 Å². The van der Waals surface area contributed by atoms with Crippen molar-refractivity contribution < 1.29 is 23.7 Å². The predicted molar refractivity (Wildman–Crippen MR) is 130 cm³/mol. The fourth-order valence-electron chi connectivity index (χ4n) is 5.11. The van der Waals surface area contributed by atoms with E-state index in [-0.39, 0.29) is 29.2 Å². The van der Waals surface area contributed by atoms with Crippen LogP contribution in [0.4, 0.5) is 0 Å². The Morgan fingerprint density at radius 2 is 1.94 bits per heavy atom. The topological polar surface area (TPSA) is 79.2 Å². The highest BCUT2D eigenvalue weighted by Gasteiger charge is 2.43. The Balaban J connectivity index is 1.88. The van der Waals surface area contributed by atoms with Gasteiger partial charge < -0.3 is 18.9 Å². The molecule has 3 heterocycles. The number of piperidine rings is 1. The number of ether oxygens (including phenoxy) is 4. The van der Waals surface area contributed by atoms with Crippen LogP contribution in [-0.2, 0) is 9.47 Å². The summed E-state index contributed by atoms with van der Waals surface area (Å²) < 4.78 is 24.0. The van der Waals surface area contributed by atoms with Gasteiger partial charge in [0.05, 0.1) is 37.6 Å². The van der Waals surface area contributed by atoms with Crippen molar-refractivity contribution in [2.45, 2.75) is 58.0 Å². The Hall–Kier alpha value is -3.00. The minimum absolute atomic E-state index is 0.0410. The van der Waals surface area contributed by atoms with E-state index in [1.54, 1.807) is 27.3 Å². The molecule has 0 N–H and O–H groups in total. The second kappa shape index (κ2) is 9.70. The first-order chi connectivity index (χ1) is 16.3. The summed E-state index contributed by atoms with van der Waals surface area (Å²) in [5, 5.41) is 2.29. The third-order valence-corrected chi connectivity index (χ3v) is 6.66. The third kappa shape index (κ3) is 4.27. The van der Waals surface area contributed by atoms with Crippen molar-refractivity contribution >= 4 is 5.97 Å². The molecule has 0 spiro atoms. The highest BCUT2D eigenvalue weighted by molar-refractivity contribution is 5.89. The lowest BCUT2D eigenvalue weighted by Crippen LogP contribution is -2.57. The normalized spacial score (nSPS) is 17.9. The molecule has 2 aliphatic heterocycles. The zero-order valence-electron chi connectivity index (χ0n) is 20.7. The van der Waals surface area contributed by atoms with Gasteiger partial charge in [0.1, 0.15) is 5.56 Å². The van der Waals surface area contributed by atoms with Crippen molar-refractivity contribution in [2.75, 3.05) is 39.0 Å². The Bertz CT molecular complexity index is 1120. The number of fused-ring (bicyclic) bond motifs is 6. The number of nitrogens with zero attached hydrogens (tertiary/aromatic N) is 2. The van der Waals surface area contributed by atoms with Gasteiger partial charge in [0.2, 0.25) is 0 Å². The SMILES string of the molecule is CCOC(=O)c1cn2c(cc1=O)-c1cc(OC)c(OCCCOC)cc1C1CCCC(C)(C)N12. The van der Waals surface area contributed by atoms with Crippen molar-refractivity contribution in [2.24, 2.45) is 0 Å². The number of benzene rings is 1. The summed E-state index contributed by atoms with van der Waals surface area (Å²) in [7, 11) is 3.28. The van der Waals surface area contributed by atoms with Gasteiger partial charge in [-0.3, -0.25) is 14.5 Å². The number of aromatic nitrogens is 1. The van der Waals surface area contributed by atoms with Crippen LogP contribution in [0.2, 0.25) is 0 Å². The number of rotatable bonds is 8. The van der Waals surface area contributed by atoms with E-state index in [1.807, 2.05) is 16.8 Å². The van der Waals surface area contributed by atoms with Crippen molar-refractivity contribution in [3.05, 3.63) is 45.7 Å². The lowest BCUT2D eigenvalue weighted by atomic mass is 9.82. The number of carbonyl (C=O) groups excluding carboxylic acids is 1. The first kappa shape index (κ1) is 24.1. The molecule has 1 fully saturated rings. The van der Waals surface area contributed by atoms with Gasteiger partial charge in [0.15, 0.2) is 16.9 Å². The van der Waals surface area contributed by atoms with Crippen LogP contribution in [0.1, 0.15) is 68.4 Å². The summed E-state index contributed by atoms with van der Waals surface area (Å²) in [6, 6.07) is 5.59. The first-order valence-electron chi connectivity index (χ1n) is 11.9. The molecule has 0 radical (unpaired) electrons. The smallest absolute Gasteiger partial charge is 0.343 e. The molecule has 1 unspecified atom stereocenters. The minimum atomic E-state index is -0.600. The Labute approximate surface area is 200 Å². The van der Waals surface area contributed by atoms with E-state index in [4.69, 9.17) is 18.9 Å². The van der Waals surface area contributed by atoms with Crippen molar-refractivity contribution in [3.8, 4) is 22.8 Å². The molecular weight excluding hydrogens is 436 g/mol. The molecule has 0 bridgehead atoms. The van der Waals surface area contributed by atoms with E-state index < -0.39 is 5.97 Å². The fourth-order valence-corrected chi connectivity index (χ4v) is 5.11. The van der Waals surface area contributed by atoms with Gasteiger partial charge in [-0.25, -0.2) is 4.79 Å². The fraction of sp³-hybridized carbons (Fsp3) is 0.538. The maximum absolute atomic E-state index is 13.0. The summed E-state index contributed by atoms with van der Waals surface area (Å²) >= 11 is 0. The Morgan fingerprint density at radius 1 is 1.15 bits per heavy atom. The van der Waals surface area contributed by atoms with Gasteiger partial charge in [-0.2, -0.15) is 0 Å². The molecule has 8 nitrogen and oxygen atoms in total. The molecule has 1 saturated heterocycles. The molecule has 1 aromatic heterocycles. The van der Waals surface area contributed by atoms with Crippen molar-refractivity contribution in [1.82, 2.24) is 4.68 Å². The molecule has 2 aromatic rings. The molecular formula is C26H34N2O6. The largest absolute Gasteiger partial charge is 0.493 e. The lowest BCUT2D eigenvalue weighted by Gasteiger charge is -2.53. The molecule has 1 atom stereocenters. The summed E-state index contributed by atoms with van der Waals surface area (Å²) in [6.07, 6.45) is 5.43. The van der Waals surface area contributed by atoms with Crippen LogP contribution in [-0.4, -0.2) is 50.2 Å². The van der Waals surface area contributed by atoms with E-state index in [1.165, 1.54) is 6.07 Å². The second-order valence-corrected chi connectivity index (χ2v) is 9.35. The maximum Gasteiger partial charge on any atom is 0.343 e. The second-order valence-electron chi connectivity index (χ2n) is 9.35. The lowest BCUT2D eigenvalue weighted by molar-refractivity contribution is 0.0523. The standard InChI is InChI=1S/C26H34N2O6/c1-6-33-25(30)19-16-27-21(15-22(19)29)18-13-23(32-5)24(34-12-8-11-31-4)14-17(18)20-9-7-10-26(2,3)28(20)27/h13-16,20H,6-12H2,1-5H3. The molecule has 8 heteroatoms. The average Bonchev–Trinajstić information content (AvgIpc) is 2.81. The zero-order valence-corrected chi connectivity index (χ0v) is 20.7. The van der Waals surface area contributed by atoms with Gasteiger partial charge in [-0.15, -0.1) is 0 Å². The first-order valence-corrected chi connectivity index (χ1v) is 11.9. The molecule has 1 aromatic carbocycles. The van der Waals surface area contributed by atoms with E-state index >= 15 is 0 Å². The average molecular weight is 471 g/mol. The van der Waals surface area contributed by atoms with E-state index in [9.17, 15) is 9.59 Å². The molecule has 184 valence electrons. The molecule has 0 saturated carbocycles.